The third-order valence-corrected chi connectivity index (χ3v) is 8.88. The fraction of sp³-hybridized carbons (Fsp3) is 0.393. The zero-order valence-electron chi connectivity index (χ0n) is 18.7. The Kier molecular flexibility index (Phi) is 5.26. The van der Waals surface area contributed by atoms with Crippen molar-refractivity contribution in [2.75, 3.05) is 0 Å². The van der Waals surface area contributed by atoms with Gasteiger partial charge >= 0.3 is 0 Å². The summed E-state index contributed by atoms with van der Waals surface area (Å²) in [6.45, 7) is 6.61. The Labute approximate surface area is 189 Å². The summed E-state index contributed by atoms with van der Waals surface area (Å²) < 4.78 is 0. The summed E-state index contributed by atoms with van der Waals surface area (Å²) >= 11 is 1.75. The highest BCUT2D eigenvalue weighted by atomic mass is 32.1. The van der Waals surface area contributed by atoms with Crippen LogP contribution in [0.15, 0.2) is 54.6 Å². The molecule has 2 aliphatic carbocycles. The number of hydrogen-bond acceptors (Lipinski definition) is 2. The van der Waals surface area contributed by atoms with Crippen LogP contribution in [0, 0.1) is 25.2 Å². The Morgan fingerprint density at radius 2 is 1.68 bits per heavy atom. The number of benzene rings is 2. The van der Waals surface area contributed by atoms with E-state index in [9.17, 15) is 4.79 Å². The minimum Gasteiger partial charge on any atom is -0.349 e. The molecule has 0 radical (unpaired) electrons. The first kappa shape index (κ1) is 20.5. The highest BCUT2D eigenvalue weighted by Gasteiger charge is 2.53. The van der Waals surface area contributed by atoms with E-state index < -0.39 is 0 Å². The molecule has 1 spiro atoms. The normalized spacial score (nSPS) is 24.5. The maximum atomic E-state index is 13.2. The van der Waals surface area contributed by atoms with Crippen molar-refractivity contribution in [3.05, 3.63) is 81.0 Å². The van der Waals surface area contributed by atoms with Crippen molar-refractivity contribution < 1.29 is 4.79 Å². The van der Waals surface area contributed by atoms with Crippen molar-refractivity contribution in [2.24, 2.45) is 11.3 Å². The highest BCUT2D eigenvalue weighted by Crippen LogP contribution is 2.59. The van der Waals surface area contributed by atoms with Crippen LogP contribution in [0.2, 0.25) is 0 Å². The van der Waals surface area contributed by atoms with Gasteiger partial charge in [0.25, 0.3) is 5.91 Å². The first-order valence-corrected chi connectivity index (χ1v) is 12.3. The zero-order chi connectivity index (χ0) is 21.6. The van der Waals surface area contributed by atoms with Gasteiger partial charge in [-0.2, -0.15) is 0 Å². The van der Waals surface area contributed by atoms with E-state index in [2.05, 4.69) is 74.6 Å². The van der Waals surface area contributed by atoms with Gasteiger partial charge in [-0.25, -0.2) is 0 Å². The van der Waals surface area contributed by atoms with Crippen molar-refractivity contribution >= 4 is 17.2 Å². The molecule has 5 rings (SSSR count). The summed E-state index contributed by atoms with van der Waals surface area (Å²) in [5.74, 6) is 0.963. The van der Waals surface area contributed by atoms with E-state index >= 15 is 0 Å². The maximum Gasteiger partial charge on any atom is 0.252 e. The number of carbonyl (C=O) groups is 1. The molecule has 1 amide bonds. The summed E-state index contributed by atoms with van der Waals surface area (Å²) in [5.41, 5.74) is 6.36. The van der Waals surface area contributed by atoms with Gasteiger partial charge in [-0.05, 0) is 79.5 Å². The van der Waals surface area contributed by atoms with E-state index in [1.165, 1.54) is 52.8 Å². The van der Waals surface area contributed by atoms with Gasteiger partial charge in [0.2, 0.25) is 0 Å². The minimum atomic E-state index is 0.129. The molecule has 1 aromatic heterocycles. The first-order chi connectivity index (χ1) is 14.9. The molecule has 2 aromatic carbocycles. The molecule has 0 aliphatic heterocycles. The maximum absolute atomic E-state index is 13.2. The molecule has 1 unspecified atom stereocenters. The first-order valence-electron chi connectivity index (χ1n) is 11.5. The van der Waals surface area contributed by atoms with Gasteiger partial charge in [-0.1, -0.05) is 61.5 Å². The van der Waals surface area contributed by atoms with E-state index in [-0.39, 0.29) is 5.91 Å². The average Bonchev–Trinajstić information content (AvgIpc) is 3.03. The molecule has 0 bridgehead atoms. The van der Waals surface area contributed by atoms with Crippen molar-refractivity contribution in [1.29, 1.82) is 0 Å². The van der Waals surface area contributed by atoms with E-state index in [0.29, 0.717) is 11.5 Å². The van der Waals surface area contributed by atoms with E-state index in [4.69, 9.17) is 0 Å². The van der Waals surface area contributed by atoms with Crippen LogP contribution in [-0.4, -0.2) is 11.9 Å². The molecule has 1 atom stereocenters. The predicted octanol–water partition coefficient (Wildman–Crippen LogP) is 6.93. The van der Waals surface area contributed by atoms with Crippen molar-refractivity contribution in [3.8, 4) is 11.1 Å². The van der Waals surface area contributed by atoms with Crippen LogP contribution in [0.3, 0.4) is 0 Å². The van der Waals surface area contributed by atoms with Gasteiger partial charge in [-0.15, -0.1) is 11.3 Å². The fourth-order valence-electron chi connectivity index (χ4n) is 5.62. The highest BCUT2D eigenvalue weighted by molar-refractivity contribution is 7.12. The lowest BCUT2D eigenvalue weighted by Crippen LogP contribution is -2.57. The van der Waals surface area contributed by atoms with Gasteiger partial charge in [0.15, 0.2) is 0 Å². The fourth-order valence-corrected chi connectivity index (χ4v) is 6.69. The van der Waals surface area contributed by atoms with Crippen LogP contribution in [-0.2, 0) is 6.42 Å². The SMILES string of the molecule is Cc1sc(C)c(C(=O)NC2CC3(CCC3C)C2)c1Cc1ccc(-c2ccccc2)cc1. The predicted molar refractivity (Wildman–Crippen MR) is 130 cm³/mol. The smallest absolute Gasteiger partial charge is 0.252 e. The van der Waals surface area contributed by atoms with Crippen LogP contribution >= 0.6 is 11.3 Å². The summed E-state index contributed by atoms with van der Waals surface area (Å²) in [5, 5.41) is 3.36. The van der Waals surface area contributed by atoms with Crippen molar-refractivity contribution in [3.63, 3.8) is 0 Å². The summed E-state index contributed by atoms with van der Waals surface area (Å²) in [6.07, 6.45) is 5.84. The van der Waals surface area contributed by atoms with Gasteiger partial charge in [0.05, 0.1) is 5.56 Å². The van der Waals surface area contributed by atoms with Crippen molar-refractivity contribution in [2.45, 2.75) is 58.9 Å². The Hall–Kier alpha value is -2.39. The molecule has 3 heteroatoms. The quantitative estimate of drug-likeness (QED) is 0.468. The number of carbonyl (C=O) groups excluding carboxylic acids is 1. The van der Waals surface area contributed by atoms with E-state index in [1.807, 2.05) is 6.07 Å². The van der Waals surface area contributed by atoms with Crippen LogP contribution < -0.4 is 5.32 Å². The number of hydrogen-bond donors (Lipinski definition) is 1. The minimum absolute atomic E-state index is 0.129. The molecule has 2 aliphatic rings. The van der Waals surface area contributed by atoms with Gasteiger partial charge in [-0.3, -0.25) is 4.79 Å². The topological polar surface area (TPSA) is 29.1 Å². The number of nitrogens with one attached hydrogen (secondary N) is 1. The van der Waals surface area contributed by atoms with Gasteiger partial charge in [0, 0.05) is 15.8 Å². The van der Waals surface area contributed by atoms with E-state index in [0.717, 1.165) is 22.8 Å². The molecular formula is C28H31NOS. The van der Waals surface area contributed by atoms with Gasteiger partial charge in [0.1, 0.15) is 0 Å². The second-order valence-corrected chi connectivity index (χ2v) is 11.1. The number of rotatable bonds is 5. The van der Waals surface area contributed by atoms with E-state index in [1.54, 1.807) is 11.3 Å². The van der Waals surface area contributed by atoms with Crippen LogP contribution in [0.5, 0.6) is 0 Å². The second-order valence-electron chi connectivity index (χ2n) is 9.69. The number of thiophene rings is 1. The van der Waals surface area contributed by atoms with Crippen molar-refractivity contribution in [1.82, 2.24) is 5.32 Å². The molecule has 0 saturated heterocycles. The molecule has 1 heterocycles. The Morgan fingerprint density at radius 3 is 2.29 bits per heavy atom. The lowest BCUT2D eigenvalue weighted by atomic mass is 9.49. The Balaban J connectivity index is 1.30. The molecule has 3 aromatic rings. The second kappa shape index (κ2) is 7.94. The van der Waals surface area contributed by atoms with Crippen LogP contribution in [0.25, 0.3) is 11.1 Å². The third-order valence-electron chi connectivity index (χ3n) is 7.82. The summed E-state index contributed by atoms with van der Waals surface area (Å²) in [7, 11) is 0. The average molecular weight is 430 g/mol. The number of aryl methyl sites for hydroxylation is 2. The molecule has 2 fully saturated rings. The largest absolute Gasteiger partial charge is 0.349 e. The number of amides is 1. The molecule has 160 valence electrons. The Bertz CT molecular complexity index is 1090. The lowest BCUT2D eigenvalue weighted by Gasteiger charge is -2.58. The lowest BCUT2D eigenvalue weighted by molar-refractivity contribution is -0.0599. The van der Waals surface area contributed by atoms with Crippen LogP contribution in [0.4, 0.5) is 0 Å². The third kappa shape index (κ3) is 3.74. The zero-order valence-corrected chi connectivity index (χ0v) is 19.5. The molecular weight excluding hydrogens is 398 g/mol. The summed E-state index contributed by atoms with van der Waals surface area (Å²) in [4.78, 5) is 15.6. The summed E-state index contributed by atoms with van der Waals surface area (Å²) in [6, 6.07) is 19.6. The standard InChI is InChI=1S/C28H31NOS/c1-18-13-14-28(18)16-24(17-28)29-27(30)26-20(3)31-19(2)25(26)15-21-9-11-23(12-10-21)22-7-5-4-6-8-22/h4-12,18,24H,13-17H2,1-3H3,(H,29,30). The monoisotopic (exact) mass is 429 g/mol. The molecule has 2 saturated carbocycles. The molecule has 1 N–H and O–H groups in total. The molecule has 2 nitrogen and oxygen atoms in total. The Morgan fingerprint density at radius 1 is 1.00 bits per heavy atom. The molecule has 31 heavy (non-hydrogen) atoms. The van der Waals surface area contributed by atoms with Crippen LogP contribution in [0.1, 0.15) is 63.8 Å². The van der Waals surface area contributed by atoms with Gasteiger partial charge < -0.3 is 5.32 Å².